The number of nitrogens with zero attached hydrogens (tertiary/aromatic N) is 3. The van der Waals surface area contributed by atoms with Crippen LogP contribution >= 0.6 is 11.3 Å². The van der Waals surface area contributed by atoms with Gasteiger partial charge in [0.2, 0.25) is 5.91 Å². The van der Waals surface area contributed by atoms with Crippen molar-refractivity contribution in [1.82, 2.24) is 25.9 Å². The molecule has 0 spiro atoms. The summed E-state index contributed by atoms with van der Waals surface area (Å²) in [6.45, 7) is 0.749. The molecule has 3 aromatic heterocycles. The topological polar surface area (TPSA) is 128 Å². The zero-order chi connectivity index (χ0) is 25.1. The van der Waals surface area contributed by atoms with Crippen LogP contribution in [0.15, 0.2) is 60.9 Å². The lowest BCUT2D eigenvalue weighted by Gasteiger charge is -2.28. The fourth-order valence-electron chi connectivity index (χ4n) is 4.01. The van der Waals surface area contributed by atoms with E-state index in [2.05, 4.69) is 31.2 Å². The van der Waals surface area contributed by atoms with E-state index >= 15 is 0 Å². The number of likely N-dealkylation sites (N-methyl/N-ethyl adjacent to an activating group) is 1. The van der Waals surface area contributed by atoms with Gasteiger partial charge in [-0.2, -0.15) is 0 Å². The van der Waals surface area contributed by atoms with Crippen molar-refractivity contribution in [2.24, 2.45) is 0 Å². The summed E-state index contributed by atoms with van der Waals surface area (Å²) in [7, 11) is 1.68. The lowest BCUT2D eigenvalue weighted by molar-refractivity contribution is -0.120. The van der Waals surface area contributed by atoms with E-state index in [9.17, 15) is 14.4 Å². The van der Waals surface area contributed by atoms with Crippen molar-refractivity contribution in [2.75, 3.05) is 36.9 Å². The van der Waals surface area contributed by atoms with Crippen LogP contribution in [0.4, 0.5) is 21.9 Å². The average molecular weight is 502 g/mol. The van der Waals surface area contributed by atoms with Gasteiger partial charge in [-0.3, -0.25) is 19.5 Å². The molecule has 11 heteroatoms. The number of carbonyl (C=O) groups excluding carboxylic acids is 3. The smallest absolute Gasteiger partial charge is 0.331 e. The molecule has 0 bridgehead atoms. The highest BCUT2D eigenvalue weighted by molar-refractivity contribution is 7.21. The van der Waals surface area contributed by atoms with Gasteiger partial charge in [0.1, 0.15) is 9.71 Å². The van der Waals surface area contributed by atoms with E-state index in [0.717, 1.165) is 11.3 Å². The first-order chi connectivity index (χ1) is 17.6. The number of benzene rings is 1. The van der Waals surface area contributed by atoms with Crippen LogP contribution < -0.4 is 26.2 Å². The Morgan fingerprint density at radius 3 is 2.61 bits per heavy atom. The third-order valence-corrected chi connectivity index (χ3v) is 6.69. The van der Waals surface area contributed by atoms with Gasteiger partial charge in [0, 0.05) is 31.0 Å². The lowest BCUT2D eigenvalue weighted by Crippen LogP contribution is -2.38. The van der Waals surface area contributed by atoms with Crippen molar-refractivity contribution in [2.45, 2.75) is 0 Å². The van der Waals surface area contributed by atoms with Gasteiger partial charge < -0.3 is 21.3 Å². The first-order valence-corrected chi connectivity index (χ1v) is 12.1. The fraction of sp³-hybridized carbons (Fsp3) is 0.160. The summed E-state index contributed by atoms with van der Waals surface area (Å²) in [5.74, 6) is -0.498. The normalized spacial score (nSPS) is 12.4. The number of amides is 4. The molecule has 0 aliphatic carbocycles. The van der Waals surface area contributed by atoms with Gasteiger partial charge in [-0.15, -0.1) is 11.3 Å². The maximum Gasteiger partial charge on any atom is 0.331 e. The summed E-state index contributed by atoms with van der Waals surface area (Å²) in [4.78, 5) is 49.2. The van der Waals surface area contributed by atoms with Gasteiger partial charge in [-0.25, -0.2) is 9.78 Å². The molecular formula is C25H23N7O3S. The van der Waals surface area contributed by atoms with E-state index in [1.54, 1.807) is 36.5 Å². The fourth-order valence-corrected chi connectivity index (χ4v) is 5.04. The third kappa shape index (κ3) is 4.49. The molecule has 36 heavy (non-hydrogen) atoms. The first kappa shape index (κ1) is 23.4. The maximum absolute atomic E-state index is 13.3. The number of thiophene rings is 1. The number of anilines is 3. The highest BCUT2D eigenvalue weighted by Crippen LogP contribution is 2.45. The largest absolute Gasteiger partial charge is 0.353 e. The average Bonchev–Trinajstić information content (AvgIpc) is 3.27. The van der Waals surface area contributed by atoms with Gasteiger partial charge in [-0.05, 0) is 25.2 Å². The Morgan fingerprint density at radius 2 is 1.81 bits per heavy atom. The van der Waals surface area contributed by atoms with Crippen LogP contribution in [0.2, 0.25) is 0 Å². The van der Waals surface area contributed by atoms with Crippen molar-refractivity contribution in [3.63, 3.8) is 0 Å². The van der Waals surface area contributed by atoms with Crippen molar-refractivity contribution in [3.05, 3.63) is 65.8 Å². The first-order valence-electron chi connectivity index (χ1n) is 11.3. The molecule has 4 N–H and O–H groups in total. The standard InChI is InChI=1S/C25H23N7O3S/c1-26-14-19(33)28-11-12-29-23(34)22-21-20-18(8-10-30-24(20)36-22)32(25(35)31-21)16-7-9-27-17(13-16)15-5-3-2-4-6-15/h2-10,13,26H,11-12,14H2,1H3,(H,28,33)(H,29,34)(H,31,35). The Bertz CT molecular complexity index is 1450. The molecule has 10 nitrogen and oxygen atoms in total. The SMILES string of the molecule is CNCC(=O)NCCNC(=O)c1sc2nccc3c2c1NC(=O)N3c1ccnc(-c2ccccc2)c1. The third-order valence-electron chi connectivity index (χ3n) is 5.59. The predicted octanol–water partition coefficient (Wildman–Crippen LogP) is 3.11. The summed E-state index contributed by atoms with van der Waals surface area (Å²) in [6.07, 6.45) is 3.29. The highest BCUT2D eigenvalue weighted by Gasteiger charge is 2.32. The van der Waals surface area contributed by atoms with Crippen molar-refractivity contribution in [3.8, 4) is 11.3 Å². The Kier molecular flexibility index (Phi) is 6.56. The number of urea groups is 1. The van der Waals surface area contributed by atoms with Crippen LogP contribution in [0.25, 0.3) is 21.5 Å². The zero-order valence-electron chi connectivity index (χ0n) is 19.4. The Hall–Kier alpha value is -4.35. The summed E-state index contributed by atoms with van der Waals surface area (Å²) in [5, 5.41) is 11.9. The van der Waals surface area contributed by atoms with Gasteiger partial charge in [0.05, 0.1) is 34.7 Å². The molecule has 4 heterocycles. The van der Waals surface area contributed by atoms with E-state index in [-0.39, 0.29) is 30.9 Å². The second kappa shape index (κ2) is 10.1. The summed E-state index contributed by atoms with van der Waals surface area (Å²) in [5.41, 5.74) is 3.40. The van der Waals surface area contributed by atoms with Gasteiger partial charge in [0.25, 0.3) is 5.91 Å². The summed E-state index contributed by atoms with van der Waals surface area (Å²) >= 11 is 1.21. The molecule has 0 fully saturated rings. The van der Waals surface area contributed by atoms with Crippen LogP contribution in [0.5, 0.6) is 0 Å². The summed E-state index contributed by atoms with van der Waals surface area (Å²) in [6, 6.07) is 14.7. The minimum atomic E-state index is -0.382. The molecule has 5 rings (SSSR count). The predicted molar refractivity (Wildman–Crippen MR) is 140 cm³/mol. The van der Waals surface area contributed by atoms with Crippen molar-refractivity contribution >= 4 is 56.5 Å². The van der Waals surface area contributed by atoms with Crippen molar-refractivity contribution in [1.29, 1.82) is 0 Å². The number of pyridine rings is 2. The van der Waals surface area contributed by atoms with E-state index in [1.165, 1.54) is 11.3 Å². The molecule has 4 amide bonds. The van der Waals surface area contributed by atoms with Crippen LogP contribution in [-0.4, -0.2) is 54.5 Å². The minimum absolute atomic E-state index is 0.156. The van der Waals surface area contributed by atoms with E-state index < -0.39 is 0 Å². The zero-order valence-corrected chi connectivity index (χ0v) is 20.2. The molecule has 182 valence electrons. The van der Waals surface area contributed by atoms with Gasteiger partial charge in [0.15, 0.2) is 0 Å². The second-order valence-electron chi connectivity index (χ2n) is 7.98. The Morgan fingerprint density at radius 1 is 1.03 bits per heavy atom. The van der Waals surface area contributed by atoms with E-state index in [0.29, 0.717) is 38.7 Å². The molecule has 1 aliphatic heterocycles. The number of hydrogen-bond donors (Lipinski definition) is 4. The van der Waals surface area contributed by atoms with Crippen molar-refractivity contribution < 1.29 is 14.4 Å². The maximum atomic E-state index is 13.3. The number of hydrogen-bond acceptors (Lipinski definition) is 7. The Labute approximate surface area is 210 Å². The lowest BCUT2D eigenvalue weighted by atomic mass is 10.1. The van der Waals surface area contributed by atoms with Crippen LogP contribution in [0.1, 0.15) is 9.67 Å². The molecule has 0 atom stereocenters. The molecule has 0 radical (unpaired) electrons. The molecule has 0 saturated carbocycles. The number of carbonyl (C=O) groups is 3. The molecule has 1 aromatic carbocycles. The van der Waals surface area contributed by atoms with Crippen LogP contribution in [0.3, 0.4) is 0 Å². The molecule has 0 unspecified atom stereocenters. The summed E-state index contributed by atoms with van der Waals surface area (Å²) < 4.78 is 0. The van der Waals surface area contributed by atoms with E-state index in [1.807, 2.05) is 36.4 Å². The molecule has 0 saturated heterocycles. The van der Waals surface area contributed by atoms with E-state index in [4.69, 9.17) is 0 Å². The second-order valence-corrected chi connectivity index (χ2v) is 8.98. The number of aromatic nitrogens is 2. The molecule has 1 aliphatic rings. The number of nitrogens with one attached hydrogen (secondary N) is 4. The quantitative estimate of drug-likeness (QED) is 0.275. The number of rotatable bonds is 8. The van der Waals surface area contributed by atoms with Crippen LogP contribution in [0, 0.1) is 0 Å². The van der Waals surface area contributed by atoms with Crippen LogP contribution in [-0.2, 0) is 4.79 Å². The van der Waals surface area contributed by atoms with Gasteiger partial charge >= 0.3 is 6.03 Å². The highest BCUT2D eigenvalue weighted by atomic mass is 32.1. The Balaban J connectivity index is 1.43. The van der Waals surface area contributed by atoms with Gasteiger partial charge in [-0.1, -0.05) is 30.3 Å². The monoisotopic (exact) mass is 501 g/mol. The molecular weight excluding hydrogens is 478 g/mol. The minimum Gasteiger partial charge on any atom is -0.353 e. The molecule has 4 aromatic rings.